The molecule has 1 N–H and O–H groups in total. The Kier molecular flexibility index (Phi) is 5.80. The van der Waals surface area contributed by atoms with Crippen LogP contribution in [0, 0.1) is 6.92 Å². The number of aryl methyl sites for hydroxylation is 1. The van der Waals surface area contributed by atoms with E-state index in [2.05, 4.69) is 25.6 Å². The summed E-state index contributed by atoms with van der Waals surface area (Å²) in [6.07, 6.45) is 5.23. The van der Waals surface area contributed by atoms with Crippen LogP contribution in [0.25, 0.3) is 16.9 Å². The molecule has 0 saturated carbocycles. The van der Waals surface area contributed by atoms with Crippen LogP contribution in [0.5, 0.6) is 0 Å². The monoisotopic (exact) mass is 494 g/mol. The van der Waals surface area contributed by atoms with Crippen LogP contribution in [-0.2, 0) is 13.1 Å². The molecule has 0 atom stereocenters. The zero-order chi connectivity index (χ0) is 23.8. The van der Waals surface area contributed by atoms with E-state index in [0.29, 0.717) is 28.1 Å². The fraction of sp³-hybridized carbons (Fsp3) is 0.174. The molecular formula is C23H20Cl2N8O. The third kappa shape index (κ3) is 4.04. The van der Waals surface area contributed by atoms with E-state index in [1.165, 1.54) is 0 Å². The largest absolute Gasteiger partial charge is 0.304 e. The summed E-state index contributed by atoms with van der Waals surface area (Å²) >= 11 is 12.5. The molecule has 0 aliphatic rings. The first kappa shape index (κ1) is 22.1. The minimum absolute atomic E-state index is 0.226. The molecule has 4 heterocycles. The second-order valence-corrected chi connectivity index (χ2v) is 8.46. The van der Waals surface area contributed by atoms with Gasteiger partial charge in [0.15, 0.2) is 17.2 Å². The molecule has 9 nitrogen and oxygen atoms in total. The Morgan fingerprint density at radius 2 is 1.91 bits per heavy atom. The summed E-state index contributed by atoms with van der Waals surface area (Å²) in [5.74, 6) is -0.00284. The molecule has 0 saturated heterocycles. The molecule has 11 heteroatoms. The minimum atomic E-state index is -0.390. The van der Waals surface area contributed by atoms with Gasteiger partial charge in [-0.25, -0.2) is 9.50 Å². The molecule has 0 spiro atoms. The highest BCUT2D eigenvalue weighted by molar-refractivity contribution is 6.35. The summed E-state index contributed by atoms with van der Waals surface area (Å²) in [4.78, 5) is 17.3. The number of fused-ring (bicyclic) bond motifs is 1. The van der Waals surface area contributed by atoms with Crippen LogP contribution in [0.15, 0.2) is 55.0 Å². The van der Waals surface area contributed by atoms with E-state index >= 15 is 0 Å². The highest BCUT2D eigenvalue weighted by Gasteiger charge is 2.17. The van der Waals surface area contributed by atoms with Crippen LogP contribution in [0.4, 0.5) is 5.82 Å². The Bertz CT molecular complexity index is 1500. The van der Waals surface area contributed by atoms with Crippen molar-refractivity contribution >= 4 is 40.6 Å². The van der Waals surface area contributed by atoms with Gasteiger partial charge in [0, 0.05) is 57.9 Å². The maximum absolute atomic E-state index is 12.9. The van der Waals surface area contributed by atoms with Crippen molar-refractivity contribution in [2.45, 2.75) is 26.9 Å². The lowest BCUT2D eigenvalue weighted by Crippen LogP contribution is -2.14. The van der Waals surface area contributed by atoms with Crippen molar-refractivity contribution in [1.29, 1.82) is 0 Å². The van der Waals surface area contributed by atoms with Crippen molar-refractivity contribution in [3.05, 3.63) is 82.0 Å². The fourth-order valence-electron chi connectivity index (χ4n) is 3.77. The molecule has 5 aromatic rings. The zero-order valence-electron chi connectivity index (χ0n) is 18.4. The number of benzene rings is 1. The summed E-state index contributed by atoms with van der Waals surface area (Å²) in [7, 11) is 0. The number of nitrogens with one attached hydrogen (secondary N) is 1. The Morgan fingerprint density at radius 3 is 2.65 bits per heavy atom. The molecule has 0 fully saturated rings. The number of carbonyl (C=O) groups excluding carboxylic acids is 1. The Balaban J connectivity index is 1.38. The number of hydrogen-bond acceptors (Lipinski definition) is 5. The van der Waals surface area contributed by atoms with Gasteiger partial charge in [-0.2, -0.15) is 15.3 Å². The zero-order valence-corrected chi connectivity index (χ0v) is 19.9. The number of amides is 1. The van der Waals surface area contributed by atoms with Gasteiger partial charge < -0.3 is 5.32 Å². The topological polar surface area (TPSA) is 94.9 Å². The Morgan fingerprint density at radius 1 is 1.12 bits per heavy atom. The van der Waals surface area contributed by atoms with Gasteiger partial charge in [-0.1, -0.05) is 29.3 Å². The number of halogens is 2. The van der Waals surface area contributed by atoms with E-state index in [0.717, 1.165) is 29.1 Å². The smallest absolute Gasteiger partial charge is 0.277 e. The average Bonchev–Trinajstić information content (AvgIpc) is 3.54. The molecule has 0 radical (unpaired) electrons. The molecule has 4 aromatic heterocycles. The van der Waals surface area contributed by atoms with Gasteiger partial charge >= 0.3 is 0 Å². The SMILES string of the molecule is CCn1ncc(-c2ccnc3cc(C(=O)Nc4ccn(Cc5c(Cl)cccc5Cl)n4)nn23)c1C. The van der Waals surface area contributed by atoms with Crippen molar-refractivity contribution in [2.75, 3.05) is 5.32 Å². The van der Waals surface area contributed by atoms with Crippen molar-refractivity contribution in [2.24, 2.45) is 0 Å². The third-order valence-electron chi connectivity index (χ3n) is 5.53. The van der Waals surface area contributed by atoms with Crippen LogP contribution in [-0.4, -0.2) is 40.1 Å². The molecule has 5 rings (SSSR count). The molecule has 1 aromatic carbocycles. The van der Waals surface area contributed by atoms with E-state index in [1.807, 2.05) is 24.6 Å². The molecule has 0 unspecified atom stereocenters. The fourth-order valence-corrected chi connectivity index (χ4v) is 4.29. The first-order chi connectivity index (χ1) is 16.4. The van der Waals surface area contributed by atoms with Gasteiger partial charge in [-0.15, -0.1) is 0 Å². The first-order valence-corrected chi connectivity index (χ1v) is 11.4. The standard InChI is InChI=1S/C23H20Cl2N8O/c1-3-32-14(2)15(12-27-32)20-7-9-26-22-11-19(29-33(20)22)23(34)28-21-8-10-31(30-21)13-16-17(24)5-4-6-18(16)25/h4-12H,3,13H2,1-2H3,(H,28,30,34). The predicted octanol–water partition coefficient (Wildman–Crippen LogP) is 4.73. The molecule has 172 valence electrons. The molecule has 0 aliphatic heterocycles. The number of carbonyl (C=O) groups is 1. The molecule has 1 amide bonds. The lowest BCUT2D eigenvalue weighted by Gasteiger charge is -2.07. The summed E-state index contributed by atoms with van der Waals surface area (Å²) in [6.45, 7) is 5.18. The van der Waals surface area contributed by atoms with Crippen molar-refractivity contribution in [3.8, 4) is 11.3 Å². The van der Waals surface area contributed by atoms with Gasteiger partial charge in [0.25, 0.3) is 5.91 Å². The number of nitrogens with zero attached hydrogens (tertiary/aromatic N) is 7. The van der Waals surface area contributed by atoms with Gasteiger partial charge in [-0.3, -0.25) is 14.2 Å². The average molecular weight is 495 g/mol. The normalized spacial score (nSPS) is 11.3. The van der Waals surface area contributed by atoms with Crippen LogP contribution in [0.3, 0.4) is 0 Å². The number of aromatic nitrogens is 7. The van der Waals surface area contributed by atoms with Crippen molar-refractivity contribution in [3.63, 3.8) is 0 Å². The first-order valence-electron chi connectivity index (χ1n) is 10.6. The number of rotatable bonds is 6. The molecule has 0 aliphatic carbocycles. The summed E-state index contributed by atoms with van der Waals surface area (Å²) < 4.78 is 5.21. The lowest BCUT2D eigenvalue weighted by molar-refractivity contribution is 0.102. The second-order valence-electron chi connectivity index (χ2n) is 7.64. The Hall–Kier alpha value is -3.69. The van der Waals surface area contributed by atoms with E-state index < -0.39 is 5.91 Å². The van der Waals surface area contributed by atoms with E-state index in [4.69, 9.17) is 23.2 Å². The molecule has 0 bridgehead atoms. The second kappa shape index (κ2) is 8.92. The predicted molar refractivity (Wildman–Crippen MR) is 130 cm³/mol. The van der Waals surface area contributed by atoms with Crippen molar-refractivity contribution < 1.29 is 4.79 Å². The third-order valence-corrected chi connectivity index (χ3v) is 6.24. The Labute approximate surface area is 204 Å². The molecule has 34 heavy (non-hydrogen) atoms. The van der Waals surface area contributed by atoms with E-state index in [1.54, 1.807) is 58.1 Å². The van der Waals surface area contributed by atoms with E-state index in [-0.39, 0.29) is 5.69 Å². The van der Waals surface area contributed by atoms with Crippen LogP contribution < -0.4 is 5.32 Å². The van der Waals surface area contributed by atoms with E-state index in [9.17, 15) is 4.79 Å². The highest BCUT2D eigenvalue weighted by Crippen LogP contribution is 2.26. The number of hydrogen-bond donors (Lipinski definition) is 1. The highest BCUT2D eigenvalue weighted by atomic mass is 35.5. The van der Waals surface area contributed by atoms with Crippen LogP contribution in [0.2, 0.25) is 10.0 Å². The van der Waals surface area contributed by atoms with Gasteiger partial charge in [-0.05, 0) is 32.0 Å². The summed E-state index contributed by atoms with van der Waals surface area (Å²) in [5, 5.41) is 17.2. The summed E-state index contributed by atoms with van der Waals surface area (Å²) in [6, 6.07) is 10.5. The van der Waals surface area contributed by atoms with Crippen LogP contribution in [0.1, 0.15) is 28.7 Å². The minimum Gasteiger partial charge on any atom is -0.304 e. The summed E-state index contributed by atoms with van der Waals surface area (Å²) in [5.41, 5.74) is 4.30. The van der Waals surface area contributed by atoms with Gasteiger partial charge in [0.2, 0.25) is 0 Å². The maximum Gasteiger partial charge on any atom is 0.277 e. The van der Waals surface area contributed by atoms with Crippen LogP contribution >= 0.6 is 23.2 Å². The van der Waals surface area contributed by atoms with Gasteiger partial charge in [0.1, 0.15) is 0 Å². The lowest BCUT2D eigenvalue weighted by atomic mass is 10.2. The van der Waals surface area contributed by atoms with Crippen molar-refractivity contribution in [1.82, 2.24) is 34.2 Å². The molecular weight excluding hydrogens is 475 g/mol. The van der Waals surface area contributed by atoms with Gasteiger partial charge in [0.05, 0.1) is 18.4 Å². The quantitative estimate of drug-likeness (QED) is 0.368. The number of anilines is 1. The maximum atomic E-state index is 12.9.